The molecule has 1 aromatic rings. The van der Waals surface area contributed by atoms with Gasteiger partial charge in [0, 0.05) is 20.2 Å². The maximum atomic E-state index is 13.1. The van der Waals surface area contributed by atoms with Crippen molar-refractivity contribution in [1.29, 1.82) is 0 Å². The van der Waals surface area contributed by atoms with Crippen LogP contribution in [0, 0.1) is 0 Å². The number of rotatable bonds is 7. The van der Waals surface area contributed by atoms with Gasteiger partial charge in [-0.15, -0.1) is 0 Å². The molecule has 0 radical (unpaired) electrons. The molecule has 0 N–H and O–H groups in total. The maximum Gasteiger partial charge on any atom is 0.277 e. The smallest absolute Gasteiger partial charge is 0.277 e. The highest BCUT2D eigenvalue weighted by Gasteiger charge is 2.41. The average molecular weight is 376 g/mol. The van der Waals surface area contributed by atoms with Crippen LogP contribution in [0.5, 0.6) is 11.5 Å². The lowest BCUT2D eigenvalue weighted by Crippen LogP contribution is -2.41. The van der Waals surface area contributed by atoms with Crippen molar-refractivity contribution in [3.63, 3.8) is 0 Å². The molecule has 0 aromatic heterocycles. The fourth-order valence-corrected chi connectivity index (χ4v) is 3.28. The number of morpholine rings is 1. The van der Waals surface area contributed by atoms with Crippen LogP contribution in [-0.2, 0) is 19.1 Å². The Kier molecular flexibility index (Phi) is 5.98. The second-order valence-corrected chi connectivity index (χ2v) is 6.15. The summed E-state index contributed by atoms with van der Waals surface area (Å²) in [4.78, 5) is 29.3. The topological polar surface area (TPSA) is 77.5 Å². The maximum absolute atomic E-state index is 13.1. The van der Waals surface area contributed by atoms with Gasteiger partial charge in [0.2, 0.25) is 0 Å². The minimum absolute atomic E-state index is 0.207. The number of carbonyl (C=O) groups is 2. The Morgan fingerprint density at radius 1 is 1.00 bits per heavy atom. The zero-order valence-electron chi connectivity index (χ0n) is 15.8. The van der Waals surface area contributed by atoms with Gasteiger partial charge in [0.05, 0.1) is 46.2 Å². The second kappa shape index (κ2) is 8.41. The van der Waals surface area contributed by atoms with Crippen molar-refractivity contribution in [1.82, 2.24) is 9.80 Å². The molecule has 146 valence electrons. The van der Waals surface area contributed by atoms with E-state index in [0.717, 1.165) is 0 Å². The Labute approximate surface area is 158 Å². The zero-order valence-corrected chi connectivity index (χ0v) is 15.8. The normalized spacial score (nSPS) is 17.7. The highest BCUT2D eigenvalue weighted by molar-refractivity contribution is 6.35. The monoisotopic (exact) mass is 376 g/mol. The first-order chi connectivity index (χ1) is 13.1. The van der Waals surface area contributed by atoms with Crippen LogP contribution in [0.4, 0.5) is 0 Å². The number of amides is 2. The van der Waals surface area contributed by atoms with Crippen LogP contribution in [0.1, 0.15) is 5.56 Å². The van der Waals surface area contributed by atoms with Crippen LogP contribution in [0.15, 0.2) is 23.9 Å². The summed E-state index contributed by atoms with van der Waals surface area (Å²) in [6, 6.07) is 5.22. The van der Waals surface area contributed by atoms with Crippen molar-refractivity contribution >= 4 is 17.4 Å². The fourth-order valence-electron chi connectivity index (χ4n) is 3.28. The lowest BCUT2D eigenvalue weighted by molar-refractivity contribution is -0.138. The number of imide groups is 1. The Hall–Kier alpha value is -2.58. The zero-order chi connectivity index (χ0) is 19.4. The molecule has 1 aromatic carbocycles. The molecular formula is C19H24N2O6. The van der Waals surface area contributed by atoms with Crippen molar-refractivity contribution in [2.24, 2.45) is 0 Å². The molecule has 2 aliphatic rings. The minimum Gasteiger partial charge on any atom is -0.493 e. The average Bonchev–Trinajstić information content (AvgIpc) is 2.96. The van der Waals surface area contributed by atoms with Crippen molar-refractivity contribution in [3.8, 4) is 11.5 Å². The van der Waals surface area contributed by atoms with E-state index < -0.39 is 0 Å². The van der Waals surface area contributed by atoms with Gasteiger partial charge in [0.15, 0.2) is 11.5 Å². The lowest BCUT2D eigenvalue weighted by atomic mass is 10.0. The van der Waals surface area contributed by atoms with E-state index in [9.17, 15) is 9.59 Å². The Morgan fingerprint density at radius 3 is 2.33 bits per heavy atom. The van der Waals surface area contributed by atoms with Crippen LogP contribution in [-0.4, -0.2) is 82.4 Å². The summed E-state index contributed by atoms with van der Waals surface area (Å²) in [7, 11) is 4.62. The molecule has 0 bridgehead atoms. The van der Waals surface area contributed by atoms with E-state index in [1.165, 1.54) is 19.1 Å². The molecule has 2 heterocycles. The van der Waals surface area contributed by atoms with Crippen molar-refractivity contribution in [3.05, 3.63) is 29.5 Å². The standard InChI is InChI=1S/C19H24N2O6/c1-24-9-8-21-18(22)16(13-4-5-14(25-2)15(12-13)26-3)17(19(21)23)20-6-10-27-11-7-20/h4-5,12H,6-11H2,1-3H3. The summed E-state index contributed by atoms with van der Waals surface area (Å²) in [5.41, 5.74) is 1.40. The van der Waals surface area contributed by atoms with Gasteiger partial charge in [-0.25, -0.2) is 0 Å². The van der Waals surface area contributed by atoms with Gasteiger partial charge in [-0.3, -0.25) is 14.5 Å². The third kappa shape index (κ3) is 3.63. The summed E-state index contributed by atoms with van der Waals surface area (Å²) in [6.45, 7) is 2.64. The van der Waals surface area contributed by atoms with Gasteiger partial charge in [0.1, 0.15) is 5.70 Å². The molecule has 3 rings (SSSR count). The summed E-state index contributed by atoms with van der Waals surface area (Å²) in [5.74, 6) is 0.427. The molecule has 0 spiro atoms. The number of hydrogen-bond donors (Lipinski definition) is 0. The van der Waals surface area contributed by atoms with Gasteiger partial charge in [0.25, 0.3) is 11.8 Å². The molecule has 2 amide bonds. The summed E-state index contributed by atoms with van der Waals surface area (Å²) in [5, 5.41) is 0. The number of carbonyl (C=O) groups excluding carboxylic acids is 2. The van der Waals surface area contributed by atoms with E-state index in [1.807, 2.05) is 4.90 Å². The third-order valence-corrected chi connectivity index (χ3v) is 4.66. The Morgan fingerprint density at radius 2 is 1.70 bits per heavy atom. The quantitative estimate of drug-likeness (QED) is 0.650. The number of ether oxygens (including phenoxy) is 4. The van der Waals surface area contributed by atoms with Crippen LogP contribution < -0.4 is 9.47 Å². The first-order valence-corrected chi connectivity index (χ1v) is 8.76. The molecule has 0 unspecified atom stereocenters. The van der Waals surface area contributed by atoms with Crippen LogP contribution >= 0.6 is 0 Å². The van der Waals surface area contributed by atoms with Gasteiger partial charge < -0.3 is 23.8 Å². The van der Waals surface area contributed by atoms with E-state index >= 15 is 0 Å². The molecule has 8 nitrogen and oxygen atoms in total. The summed E-state index contributed by atoms with van der Waals surface area (Å²) in [6.07, 6.45) is 0. The second-order valence-electron chi connectivity index (χ2n) is 6.15. The minimum atomic E-state index is -0.328. The molecule has 0 aliphatic carbocycles. The molecule has 1 saturated heterocycles. The number of hydrogen-bond acceptors (Lipinski definition) is 7. The molecule has 27 heavy (non-hydrogen) atoms. The number of methoxy groups -OCH3 is 3. The van der Waals surface area contributed by atoms with E-state index in [0.29, 0.717) is 54.6 Å². The third-order valence-electron chi connectivity index (χ3n) is 4.66. The Bertz CT molecular complexity index is 755. The molecule has 2 aliphatic heterocycles. The molecule has 1 fully saturated rings. The van der Waals surface area contributed by atoms with Crippen molar-refractivity contribution < 1.29 is 28.5 Å². The first kappa shape index (κ1) is 19.2. The van der Waals surface area contributed by atoms with Crippen LogP contribution in [0.25, 0.3) is 5.57 Å². The molecule has 0 saturated carbocycles. The van der Waals surface area contributed by atoms with E-state index in [-0.39, 0.29) is 25.0 Å². The van der Waals surface area contributed by atoms with Crippen molar-refractivity contribution in [2.45, 2.75) is 0 Å². The molecule has 0 atom stereocenters. The van der Waals surface area contributed by atoms with Gasteiger partial charge in [-0.2, -0.15) is 0 Å². The van der Waals surface area contributed by atoms with E-state index in [4.69, 9.17) is 18.9 Å². The van der Waals surface area contributed by atoms with Gasteiger partial charge in [-0.05, 0) is 17.7 Å². The van der Waals surface area contributed by atoms with Crippen LogP contribution in [0.3, 0.4) is 0 Å². The van der Waals surface area contributed by atoms with E-state index in [2.05, 4.69) is 0 Å². The van der Waals surface area contributed by atoms with E-state index in [1.54, 1.807) is 25.3 Å². The summed E-state index contributed by atoms with van der Waals surface area (Å²) < 4.78 is 21.1. The Balaban J connectivity index is 2.06. The predicted molar refractivity (Wildman–Crippen MR) is 97.5 cm³/mol. The van der Waals surface area contributed by atoms with Gasteiger partial charge in [-0.1, -0.05) is 6.07 Å². The highest BCUT2D eigenvalue weighted by Crippen LogP contribution is 2.36. The summed E-state index contributed by atoms with van der Waals surface area (Å²) >= 11 is 0. The first-order valence-electron chi connectivity index (χ1n) is 8.76. The fraction of sp³-hybridized carbons (Fsp3) is 0.474. The van der Waals surface area contributed by atoms with Crippen LogP contribution in [0.2, 0.25) is 0 Å². The number of benzene rings is 1. The highest BCUT2D eigenvalue weighted by atomic mass is 16.5. The molecular weight excluding hydrogens is 352 g/mol. The molecule has 8 heteroatoms. The largest absolute Gasteiger partial charge is 0.493 e. The lowest BCUT2D eigenvalue weighted by Gasteiger charge is -2.29. The SMILES string of the molecule is COCCN1C(=O)C(c2ccc(OC)c(OC)c2)=C(N2CCOCC2)C1=O. The van der Waals surface area contributed by atoms with Gasteiger partial charge >= 0.3 is 0 Å². The predicted octanol–water partition coefficient (Wildman–Crippen LogP) is 0.762. The number of nitrogens with zero attached hydrogens (tertiary/aromatic N) is 2. The van der Waals surface area contributed by atoms with Crippen molar-refractivity contribution in [2.75, 3.05) is 60.8 Å².